The maximum absolute atomic E-state index is 12.0. The summed E-state index contributed by atoms with van der Waals surface area (Å²) in [4.78, 5) is 43.2. The number of benzene rings is 1. The molecule has 0 aliphatic rings. The fraction of sp³-hybridized carbons (Fsp3) is 0. The lowest BCUT2D eigenvalue weighted by molar-refractivity contribution is 0.102. The Balaban J connectivity index is 2.10. The molecular weight excluding hydrogens is 274 g/mol. The van der Waals surface area contributed by atoms with Crippen LogP contribution in [-0.4, -0.2) is 26.1 Å². The van der Waals surface area contributed by atoms with E-state index in [0.29, 0.717) is 0 Å². The van der Waals surface area contributed by atoms with Crippen molar-refractivity contribution in [1.82, 2.24) is 20.2 Å². The highest BCUT2D eigenvalue weighted by atomic mass is 16.2. The summed E-state index contributed by atoms with van der Waals surface area (Å²) in [6.45, 7) is 0. The van der Waals surface area contributed by atoms with Crippen LogP contribution in [0.5, 0.6) is 0 Å². The summed E-state index contributed by atoms with van der Waals surface area (Å²) in [5.74, 6) is -0.518. The zero-order valence-electron chi connectivity index (χ0n) is 10.6. The van der Waals surface area contributed by atoms with Crippen LogP contribution in [0, 0.1) is 0 Å². The minimum absolute atomic E-state index is 0.107. The van der Waals surface area contributed by atoms with Gasteiger partial charge in [0.15, 0.2) is 0 Å². The van der Waals surface area contributed by atoms with Crippen LogP contribution in [0.4, 0.5) is 5.69 Å². The van der Waals surface area contributed by atoms with Crippen LogP contribution in [0.25, 0.3) is 10.8 Å². The van der Waals surface area contributed by atoms with E-state index in [1.54, 1.807) is 6.07 Å². The Hall–Kier alpha value is -3.29. The van der Waals surface area contributed by atoms with Crippen LogP contribution in [0.15, 0.2) is 46.4 Å². The SMILES string of the molecule is O=C(Nc1cccc2c(=O)[nH][nH]c(=O)c12)c1cnccn1. The van der Waals surface area contributed by atoms with Crippen LogP contribution < -0.4 is 16.4 Å². The molecule has 21 heavy (non-hydrogen) atoms. The van der Waals surface area contributed by atoms with Crippen molar-refractivity contribution >= 4 is 22.4 Å². The molecule has 1 aromatic carbocycles. The van der Waals surface area contributed by atoms with Crippen LogP contribution in [-0.2, 0) is 0 Å². The Morgan fingerprint density at radius 2 is 1.90 bits per heavy atom. The standard InChI is InChI=1S/C13H9N5O3/c19-11-7-2-1-3-8(10(7)13(21)18-17-11)16-12(20)9-6-14-4-5-15-9/h1-6H,(H,16,20)(H,17,19)(H,18,21). The molecule has 0 bridgehead atoms. The van der Waals surface area contributed by atoms with Gasteiger partial charge in [0.1, 0.15) is 5.69 Å². The lowest BCUT2D eigenvalue weighted by atomic mass is 10.1. The minimum atomic E-state index is -0.518. The Kier molecular flexibility index (Phi) is 3.03. The van der Waals surface area contributed by atoms with E-state index in [0.717, 1.165) is 0 Å². The average Bonchev–Trinajstić information content (AvgIpc) is 2.52. The molecule has 0 aliphatic carbocycles. The van der Waals surface area contributed by atoms with Gasteiger partial charge in [0.2, 0.25) is 0 Å². The predicted octanol–water partition coefficient (Wildman–Crippen LogP) is 0.259. The summed E-state index contributed by atoms with van der Waals surface area (Å²) in [6.07, 6.45) is 4.13. The van der Waals surface area contributed by atoms with Gasteiger partial charge in [0.25, 0.3) is 17.0 Å². The number of nitrogens with one attached hydrogen (secondary N) is 3. The molecule has 3 rings (SSSR count). The van der Waals surface area contributed by atoms with Gasteiger partial charge in [-0.05, 0) is 12.1 Å². The fourth-order valence-corrected chi connectivity index (χ4v) is 1.94. The molecule has 104 valence electrons. The number of carbonyl (C=O) groups is 1. The van der Waals surface area contributed by atoms with Crippen molar-refractivity contribution in [1.29, 1.82) is 0 Å². The van der Waals surface area contributed by atoms with E-state index in [9.17, 15) is 14.4 Å². The zero-order valence-corrected chi connectivity index (χ0v) is 10.6. The quantitative estimate of drug-likeness (QED) is 0.623. The number of fused-ring (bicyclic) bond motifs is 1. The maximum Gasteiger partial charge on any atom is 0.275 e. The molecular formula is C13H9N5O3. The van der Waals surface area contributed by atoms with Gasteiger partial charge in [-0.25, -0.2) is 4.98 Å². The Morgan fingerprint density at radius 3 is 2.67 bits per heavy atom. The van der Waals surface area contributed by atoms with Crippen molar-refractivity contribution in [2.75, 3.05) is 5.32 Å². The number of rotatable bonds is 2. The lowest BCUT2D eigenvalue weighted by Crippen LogP contribution is -2.21. The van der Waals surface area contributed by atoms with E-state index in [-0.39, 0.29) is 22.2 Å². The summed E-state index contributed by atoms with van der Waals surface area (Å²) >= 11 is 0. The number of hydrogen-bond donors (Lipinski definition) is 3. The third kappa shape index (κ3) is 2.29. The number of carbonyl (C=O) groups excluding carboxylic acids is 1. The number of amides is 1. The smallest absolute Gasteiger partial charge is 0.275 e. The first-order chi connectivity index (χ1) is 10.2. The number of hydrogen-bond acceptors (Lipinski definition) is 5. The van der Waals surface area contributed by atoms with Gasteiger partial charge < -0.3 is 5.32 Å². The maximum atomic E-state index is 12.0. The van der Waals surface area contributed by atoms with E-state index in [1.165, 1.54) is 30.7 Å². The molecule has 0 unspecified atom stereocenters. The van der Waals surface area contributed by atoms with Crippen molar-refractivity contribution in [3.8, 4) is 0 Å². The lowest BCUT2D eigenvalue weighted by Gasteiger charge is -2.06. The first kappa shape index (κ1) is 12.7. The van der Waals surface area contributed by atoms with Crippen molar-refractivity contribution < 1.29 is 4.79 Å². The highest BCUT2D eigenvalue weighted by Crippen LogP contribution is 2.17. The van der Waals surface area contributed by atoms with E-state index < -0.39 is 17.0 Å². The largest absolute Gasteiger partial charge is 0.320 e. The number of aromatic amines is 2. The van der Waals surface area contributed by atoms with E-state index in [1.807, 2.05) is 0 Å². The Labute approximate surface area is 116 Å². The average molecular weight is 283 g/mol. The molecule has 1 amide bonds. The first-order valence-electron chi connectivity index (χ1n) is 5.98. The van der Waals surface area contributed by atoms with Gasteiger partial charge in [0, 0.05) is 12.4 Å². The molecule has 3 aromatic rings. The van der Waals surface area contributed by atoms with Crippen LogP contribution in [0.3, 0.4) is 0 Å². The van der Waals surface area contributed by atoms with Gasteiger partial charge in [-0.15, -0.1) is 0 Å². The summed E-state index contributed by atoms with van der Waals surface area (Å²) in [5, 5.41) is 7.31. The second-order valence-electron chi connectivity index (χ2n) is 4.18. The fourth-order valence-electron chi connectivity index (χ4n) is 1.94. The monoisotopic (exact) mass is 283 g/mol. The first-order valence-corrected chi connectivity index (χ1v) is 5.98. The number of H-pyrrole nitrogens is 2. The number of nitrogens with zero attached hydrogens (tertiary/aromatic N) is 2. The summed E-state index contributed by atoms with van der Waals surface area (Å²) in [5.41, 5.74) is -0.605. The number of aromatic nitrogens is 4. The van der Waals surface area contributed by atoms with Crippen molar-refractivity contribution in [2.24, 2.45) is 0 Å². The van der Waals surface area contributed by atoms with Gasteiger partial charge in [-0.3, -0.25) is 29.6 Å². The molecule has 0 saturated heterocycles. The summed E-state index contributed by atoms with van der Waals surface area (Å²) in [6, 6.07) is 4.61. The molecule has 0 fully saturated rings. The molecule has 2 aromatic heterocycles. The van der Waals surface area contributed by atoms with Gasteiger partial charge >= 0.3 is 0 Å². The summed E-state index contributed by atoms with van der Waals surface area (Å²) < 4.78 is 0. The molecule has 8 nitrogen and oxygen atoms in total. The van der Waals surface area contributed by atoms with E-state index >= 15 is 0 Å². The molecule has 8 heteroatoms. The third-order valence-corrected chi connectivity index (χ3v) is 2.87. The Morgan fingerprint density at radius 1 is 1.10 bits per heavy atom. The van der Waals surface area contributed by atoms with Crippen LogP contribution >= 0.6 is 0 Å². The molecule has 2 heterocycles. The molecule has 0 aliphatic heterocycles. The van der Waals surface area contributed by atoms with Crippen LogP contribution in [0.2, 0.25) is 0 Å². The highest BCUT2D eigenvalue weighted by molar-refractivity contribution is 6.07. The van der Waals surface area contributed by atoms with Crippen LogP contribution in [0.1, 0.15) is 10.5 Å². The number of anilines is 1. The molecule has 0 spiro atoms. The van der Waals surface area contributed by atoms with Crippen molar-refractivity contribution in [3.63, 3.8) is 0 Å². The summed E-state index contributed by atoms with van der Waals surface area (Å²) in [7, 11) is 0. The minimum Gasteiger partial charge on any atom is -0.320 e. The molecule has 3 N–H and O–H groups in total. The van der Waals surface area contributed by atoms with Crippen molar-refractivity contribution in [2.45, 2.75) is 0 Å². The molecule has 0 atom stereocenters. The predicted molar refractivity (Wildman–Crippen MR) is 75.2 cm³/mol. The highest BCUT2D eigenvalue weighted by Gasteiger charge is 2.12. The van der Waals surface area contributed by atoms with E-state index in [4.69, 9.17) is 0 Å². The van der Waals surface area contributed by atoms with Crippen molar-refractivity contribution in [3.05, 3.63) is 63.2 Å². The Bertz CT molecular complexity index is 930. The zero-order chi connectivity index (χ0) is 14.8. The van der Waals surface area contributed by atoms with E-state index in [2.05, 4.69) is 25.5 Å². The second kappa shape index (κ2) is 5.00. The molecule has 0 radical (unpaired) electrons. The van der Waals surface area contributed by atoms with Gasteiger partial charge in [-0.2, -0.15) is 0 Å². The third-order valence-electron chi connectivity index (χ3n) is 2.87. The molecule has 0 saturated carbocycles. The second-order valence-corrected chi connectivity index (χ2v) is 4.18. The topological polar surface area (TPSA) is 121 Å². The van der Waals surface area contributed by atoms with Gasteiger partial charge in [0.05, 0.1) is 22.7 Å². The van der Waals surface area contributed by atoms with Gasteiger partial charge in [-0.1, -0.05) is 6.07 Å². The normalized spacial score (nSPS) is 10.5.